The number of hydrogen-bond acceptors (Lipinski definition) is 1. The fraction of sp³-hybridized carbons (Fsp3) is 0.588. The molecule has 102 valence electrons. The number of fused-ring (bicyclic) bond motifs is 2. The zero-order chi connectivity index (χ0) is 13.9. The lowest BCUT2D eigenvalue weighted by Gasteiger charge is -2.49. The Morgan fingerprint density at radius 1 is 1.00 bits per heavy atom. The van der Waals surface area contributed by atoms with Crippen molar-refractivity contribution in [3.05, 3.63) is 35.4 Å². The van der Waals surface area contributed by atoms with Crippen molar-refractivity contribution in [2.45, 2.75) is 63.3 Å². The molecule has 2 nitrogen and oxygen atoms in total. The monoisotopic (exact) mass is 257 g/mol. The molecule has 1 aromatic carbocycles. The second kappa shape index (κ2) is 3.62. The minimum absolute atomic E-state index is 0.0316. The molecule has 1 saturated heterocycles. The molecule has 0 aromatic heterocycles. The van der Waals surface area contributed by atoms with E-state index in [1.54, 1.807) is 0 Å². The van der Waals surface area contributed by atoms with Gasteiger partial charge in [0, 0.05) is 17.4 Å². The lowest BCUT2D eigenvalue weighted by Crippen LogP contribution is -2.53. The molecule has 1 amide bonds. The van der Waals surface area contributed by atoms with Gasteiger partial charge < -0.3 is 5.32 Å². The van der Waals surface area contributed by atoms with E-state index in [0.717, 1.165) is 12.8 Å². The van der Waals surface area contributed by atoms with E-state index < -0.39 is 0 Å². The van der Waals surface area contributed by atoms with Gasteiger partial charge in [0.2, 0.25) is 5.91 Å². The van der Waals surface area contributed by atoms with Crippen molar-refractivity contribution in [2.75, 3.05) is 0 Å². The molecule has 1 aliphatic heterocycles. The first-order valence-corrected chi connectivity index (χ1v) is 7.20. The van der Waals surface area contributed by atoms with Crippen molar-refractivity contribution in [3.8, 4) is 0 Å². The molecule has 1 heterocycles. The third kappa shape index (κ3) is 1.58. The number of hydrogen-bond donors (Lipinski definition) is 1. The van der Waals surface area contributed by atoms with Gasteiger partial charge in [-0.05, 0) is 43.2 Å². The summed E-state index contributed by atoms with van der Waals surface area (Å²) in [6.45, 7) is 8.98. The number of carbonyl (C=O) groups excluding carboxylic acids is 1. The zero-order valence-corrected chi connectivity index (χ0v) is 12.3. The third-order valence-electron chi connectivity index (χ3n) is 5.46. The Kier molecular flexibility index (Phi) is 2.42. The van der Waals surface area contributed by atoms with Crippen LogP contribution in [0.3, 0.4) is 0 Å². The standard InChI is InChI=1S/C17H23NO/c1-15(2)9-10-17(11-14(19)18-16(17,3)4)13-8-6-5-7-12(13)15/h5-8H,9-11H2,1-4H3,(H,18,19). The molecule has 0 radical (unpaired) electrons. The van der Waals surface area contributed by atoms with Crippen molar-refractivity contribution in [2.24, 2.45) is 0 Å². The van der Waals surface area contributed by atoms with Crippen LogP contribution in [-0.4, -0.2) is 11.4 Å². The largest absolute Gasteiger partial charge is 0.350 e. The van der Waals surface area contributed by atoms with Crippen molar-refractivity contribution in [1.29, 1.82) is 0 Å². The summed E-state index contributed by atoms with van der Waals surface area (Å²) in [7, 11) is 0. The molecule has 1 spiro atoms. The van der Waals surface area contributed by atoms with Gasteiger partial charge in [0.05, 0.1) is 0 Å². The Balaban J connectivity index is 2.24. The van der Waals surface area contributed by atoms with Crippen molar-refractivity contribution in [1.82, 2.24) is 5.32 Å². The minimum atomic E-state index is -0.156. The van der Waals surface area contributed by atoms with E-state index in [1.807, 2.05) is 0 Å². The van der Waals surface area contributed by atoms with Gasteiger partial charge in [0.15, 0.2) is 0 Å². The average Bonchev–Trinajstić information content (AvgIpc) is 2.55. The summed E-state index contributed by atoms with van der Waals surface area (Å²) in [5.74, 6) is 0.194. The molecule has 2 aliphatic rings. The molecule has 1 atom stereocenters. The van der Waals surface area contributed by atoms with E-state index in [2.05, 4.69) is 57.3 Å². The van der Waals surface area contributed by atoms with E-state index in [-0.39, 0.29) is 22.3 Å². The smallest absolute Gasteiger partial charge is 0.221 e. The fourth-order valence-corrected chi connectivity index (χ4v) is 4.13. The number of carbonyl (C=O) groups is 1. The lowest BCUT2D eigenvalue weighted by atomic mass is 9.55. The molecule has 1 aromatic rings. The molecule has 0 bridgehead atoms. The maximum atomic E-state index is 12.0. The van der Waals surface area contributed by atoms with Crippen molar-refractivity contribution >= 4 is 5.91 Å². The topological polar surface area (TPSA) is 29.1 Å². The lowest BCUT2D eigenvalue weighted by molar-refractivity contribution is -0.119. The summed E-state index contributed by atoms with van der Waals surface area (Å²) in [6, 6.07) is 8.71. The molecule has 1 N–H and O–H groups in total. The summed E-state index contributed by atoms with van der Waals surface area (Å²) < 4.78 is 0. The average molecular weight is 257 g/mol. The first-order chi connectivity index (χ1) is 8.79. The highest BCUT2D eigenvalue weighted by Gasteiger charge is 2.56. The van der Waals surface area contributed by atoms with E-state index in [1.165, 1.54) is 11.1 Å². The maximum absolute atomic E-state index is 12.0. The number of nitrogens with one attached hydrogen (secondary N) is 1. The molecule has 0 saturated carbocycles. The van der Waals surface area contributed by atoms with Crippen LogP contribution in [0.25, 0.3) is 0 Å². The van der Waals surface area contributed by atoms with Gasteiger partial charge in [-0.1, -0.05) is 38.1 Å². The Labute approximate surface area is 115 Å². The van der Waals surface area contributed by atoms with Gasteiger partial charge in [-0.15, -0.1) is 0 Å². The highest BCUT2D eigenvalue weighted by molar-refractivity contribution is 5.83. The van der Waals surface area contributed by atoms with Crippen molar-refractivity contribution in [3.63, 3.8) is 0 Å². The van der Waals surface area contributed by atoms with Crippen LogP contribution in [0, 0.1) is 0 Å². The van der Waals surface area contributed by atoms with Crippen LogP contribution < -0.4 is 5.32 Å². The van der Waals surface area contributed by atoms with Crippen LogP contribution >= 0.6 is 0 Å². The predicted molar refractivity (Wildman–Crippen MR) is 77.2 cm³/mol. The Bertz CT molecular complexity index is 544. The normalized spacial score (nSPS) is 31.1. The summed E-state index contributed by atoms with van der Waals surface area (Å²) in [5.41, 5.74) is 2.83. The van der Waals surface area contributed by atoms with E-state index in [0.29, 0.717) is 6.42 Å². The first kappa shape index (κ1) is 12.7. The van der Waals surface area contributed by atoms with E-state index in [9.17, 15) is 4.79 Å². The van der Waals surface area contributed by atoms with Crippen LogP contribution in [0.5, 0.6) is 0 Å². The summed E-state index contributed by atoms with van der Waals surface area (Å²) in [6.07, 6.45) is 2.86. The molecule has 1 aliphatic carbocycles. The quantitative estimate of drug-likeness (QED) is 0.759. The predicted octanol–water partition coefficient (Wildman–Crippen LogP) is 3.29. The first-order valence-electron chi connectivity index (χ1n) is 7.20. The van der Waals surface area contributed by atoms with E-state index >= 15 is 0 Å². The van der Waals surface area contributed by atoms with Crippen LogP contribution in [0.1, 0.15) is 58.1 Å². The van der Waals surface area contributed by atoms with Crippen LogP contribution in [0.2, 0.25) is 0 Å². The van der Waals surface area contributed by atoms with Crippen LogP contribution in [0.15, 0.2) is 24.3 Å². The number of amides is 1. The molecule has 3 rings (SSSR count). The Morgan fingerprint density at radius 3 is 2.21 bits per heavy atom. The number of benzene rings is 1. The Hall–Kier alpha value is -1.31. The van der Waals surface area contributed by atoms with Crippen molar-refractivity contribution < 1.29 is 4.79 Å². The summed E-state index contributed by atoms with van der Waals surface area (Å²) >= 11 is 0. The summed E-state index contributed by atoms with van der Waals surface area (Å²) in [5, 5.41) is 3.18. The fourth-order valence-electron chi connectivity index (χ4n) is 4.13. The molecular weight excluding hydrogens is 234 g/mol. The SMILES string of the molecule is CC1(C)CCC2(CC(=O)NC2(C)C)c2ccccc21. The second-order valence-corrected chi connectivity index (χ2v) is 7.36. The number of rotatable bonds is 0. The molecule has 1 fully saturated rings. The maximum Gasteiger partial charge on any atom is 0.221 e. The van der Waals surface area contributed by atoms with Gasteiger partial charge in [-0.25, -0.2) is 0 Å². The summed E-state index contributed by atoms with van der Waals surface area (Å²) in [4.78, 5) is 12.0. The highest BCUT2D eigenvalue weighted by Crippen LogP contribution is 2.54. The van der Waals surface area contributed by atoms with Gasteiger partial charge >= 0.3 is 0 Å². The third-order valence-corrected chi connectivity index (χ3v) is 5.46. The second-order valence-electron chi connectivity index (χ2n) is 7.36. The molecule has 1 unspecified atom stereocenters. The van der Waals surface area contributed by atoms with Gasteiger partial charge in [-0.2, -0.15) is 0 Å². The minimum Gasteiger partial charge on any atom is -0.350 e. The van der Waals surface area contributed by atoms with E-state index in [4.69, 9.17) is 0 Å². The molecule has 19 heavy (non-hydrogen) atoms. The molecular formula is C17H23NO. The van der Waals surface area contributed by atoms with Gasteiger partial charge in [0.1, 0.15) is 0 Å². The van der Waals surface area contributed by atoms with Crippen LogP contribution in [0.4, 0.5) is 0 Å². The van der Waals surface area contributed by atoms with Gasteiger partial charge in [0.25, 0.3) is 0 Å². The molecule has 2 heteroatoms. The van der Waals surface area contributed by atoms with Gasteiger partial charge in [-0.3, -0.25) is 4.79 Å². The van der Waals surface area contributed by atoms with Crippen LogP contribution in [-0.2, 0) is 15.6 Å². The Morgan fingerprint density at radius 2 is 1.63 bits per heavy atom. The zero-order valence-electron chi connectivity index (χ0n) is 12.3. The highest BCUT2D eigenvalue weighted by atomic mass is 16.2.